The molecule has 0 N–H and O–H groups in total. The van der Waals surface area contributed by atoms with Crippen LogP contribution in [0.25, 0.3) is 0 Å². The third-order valence-corrected chi connectivity index (χ3v) is 1.52. The quantitative estimate of drug-likeness (QED) is 0.496. The second kappa shape index (κ2) is 1.31. The predicted molar refractivity (Wildman–Crippen MR) is 32.9 cm³/mol. The van der Waals surface area contributed by atoms with Gasteiger partial charge in [-0.05, 0) is 12.2 Å². The number of carbonyl (C=O) groups excluding carboxylic acids is 2. The van der Waals surface area contributed by atoms with Crippen LogP contribution in [0.5, 0.6) is 0 Å². The summed E-state index contributed by atoms with van der Waals surface area (Å²) in [4.78, 5) is 31.9. The number of hydrogen-bond donors (Lipinski definition) is 0. The van der Waals surface area contributed by atoms with E-state index < -0.39 is 0 Å². The van der Waals surface area contributed by atoms with Crippen LogP contribution < -0.4 is 5.43 Å². The van der Waals surface area contributed by atoms with Gasteiger partial charge in [0.05, 0.1) is 11.1 Å². The summed E-state index contributed by atoms with van der Waals surface area (Å²) in [5.41, 5.74) is -0.194. The molecule has 0 saturated heterocycles. The van der Waals surface area contributed by atoms with E-state index in [1.165, 1.54) is 0 Å². The van der Waals surface area contributed by atoms with Crippen molar-refractivity contribution in [2.45, 2.75) is 0 Å². The molecule has 0 spiro atoms. The lowest BCUT2D eigenvalue weighted by atomic mass is 10.1. The van der Waals surface area contributed by atoms with E-state index in [9.17, 15) is 14.4 Å². The smallest absolute Gasteiger partial charge is 0.202 e. The van der Waals surface area contributed by atoms with Crippen LogP contribution >= 0.6 is 0 Å². The molecular weight excluding hydrogens is 132 g/mol. The van der Waals surface area contributed by atoms with Crippen molar-refractivity contribution >= 4 is 11.6 Å². The molecule has 1 aromatic rings. The van der Waals surface area contributed by atoms with E-state index >= 15 is 0 Å². The van der Waals surface area contributed by atoms with Gasteiger partial charge in [-0.3, -0.25) is 14.4 Å². The average molecular weight is 134 g/mol. The monoisotopic (exact) mass is 134 g/mol. The molecule has 48 valence electrons. The van der Waals surface area contributed by atoms with Gasteiger partial charge in [0.1, 0.15) is 0 Å². The summed E-state index contributed by atoms with van der Waals surface area (Å²) in [5.74, 6) is -0.667. The minimum absolute atomic E-state index is 0.0903. The van der Waals surface area contributed by atoms with Crippen LogP contribution in [0.1, 0.15) is 20.7 Å². The Balaban J connectivity index is 2.65. The van der Waals surface area contributed by atoms with Crippen molar-refractivity contribution in [2.75, 3.05) is 0 Å². The minimum atomic E-state index is -0.375. The van der Waals surface area contributed by atoms with Gasteiger partial charge in [-0.25, -0.2) is 0 Å². The van der Waals surface area contributed by atoms with E-state index in [-0.39, 0.29) is 28.1 Å². The number of carbonyl (C=O) groups is 2. The maximum absolute atomic E-state index is 10.7. The van der Waals surface area contributed by atoms with Crippen molar-refractivity contribution in [3.05, 3.63) is 33.5 Å². The van der Waals surface area contributed by atoms with E-state index in [2.05, 4.69) is 0 Å². The highest BCUT2D eigenvalue weighted by molar-refractivity contribution is 6.26. The van der Waals surface area contributed by atoms with Gasteiger partial charge in [0.15, 0.2) is 11.6 Å². The normalized spacial score (nSPS) is 16.4. The molecule has 1 aliphatic rings. The fraction of sp³-hybridized carbons (Fsp3) is 0. The maximum atomic E-state index is 10.7. The zero-order valence-electron chi connectivity index (χ0n) is 4.88. The SMILES string of the molecule is O=C1C=CC(=O)c2c1c2=O. The standard InChI is InChI=1S/C7H2O3/c8-3-1-2-4(9)6-5(3)7(6)10/h1-2H. The van der Waals surface area contributed by atoms with Crippen LogP contribution in [0, 0.1) is 0 Å². The molecule has 0 unspecified atom stereocenters. The zero-order chi connectivity index (χ0) is 7.30. The highest BCUT2D eigenvalue weighted by atomic mass is 16.2. The number of ketones is 2. The van der Waals surface area contributed by atoms with Gasteiger partial charge in [-0.1, -0.05) is 0 Å². The molecule has 0 saturated carbocycles. The van der Waals surface area contributed by atoms with E-state index in [1.54, 1.807) is 0 Å². The first-order chi connectivity index (χ1) is 4.72. The van der Waals surface area contributed by atoms with Crippen molar-refractivity contribution < 1.29 is 9.59 Å². The number of hydrogen-bond acceptors (Lipinski definition) is 3. The van der Waals surface area contributed by atoms with Gasteiger partial charge >= 0.3 is 0 Å². The van der Waals surface area contributed by atoms with Crippen LogP contribution in [0.3, 0.4) is 0 Å². The van der Waals surface area contributed by atoms with Crippen molar-refractivity contribution in [1.82, 2.24) is 0 Å². The number of rotatable bonds is 0. The summed E-state index contributed by atoms with van der Waals surface area (Å²) in [6.45, 7) is 0. The second-order valence-corrected chi connectivity index (χ2v) is 2.14. The molecule has 10 heavy (non-hydrogen) atoms. The third kappa shape index (κ3) is 0.424. The molecule has 3 nitrogen and oxygen atoms in total. The van der Waals surface area contributed by atoms with Crippen LogP contribution in [-0.2, 0) is 0 Å². The number of allylic oxidation sites excluding steroid dienone is 2. The van der Waals surface area contributed by atoms with Crippen LogP contribution in [0.2, 0.25) is 0 Å². The van der Waals surface area contributed by atoms with Gasteiger partial charge in [-0.2, -0.15) is 0 Å². The van der Waals surface area contributed by atoms with E-state index in [4.69, 9.17) is 0 Å². The summed E-state index contributed by atoms with van der Waals surface area (Å²) in [6.07, 6.45) is 2.26. The fourth-order valence-corrected chi connectivity index (χ4v) is 0.959. The molecule has 1 aliphatic carbocycles. The molecule has 0 atom stereocenters. The first-order valence-corrected chi connectivity index (χ1v) is 2.77. The van der Waals surface area contributed by atoms with Gasteiger partial charge < -0.3 is 0 Å². The summed E-state index contributed by atoms with van der Waals surface area (Å²) in [6, 6.07) is 0. The van der Waals surface area contributed by atoms with Gasteiger partial charge in [0.2, 0.25) is 5.43 Å². The molecular formula is C7H2O3. The van der Waals surface area contributed by atoms with E-state index in [0.717, 1.165) is 12.2 Å². The van der Waals surface area contributed by atoms with E-state index in [0.29, 0.717) is 0 Å². The van der Waals surface area contributed by atoms with Crippen molar-refractivity contribution in [1.29, 1.82) is 0 Å². The Morgan fingerprint density at radius 1 is 0.800 bits per heavy atom. The molecule has 3 heteroatoms. The highest BCUT2D eigenvalue weighted by Crippen LogP contribution is 2.16. The van der Waals surface area contributed by atoms with Crippen LogP contribution in [-0.4, -0.2) is 11.6 Å². The zero-order valence-corrected chi connectivity index (χ0v) is 4.88. The minimum Gasteiger partial charge on any atom is -0.289 e. The molecule has 0 bridgehead atoms. The third-order valence-electron chi connectivity index (χ3n) is 1.52. The first-order valence-electron chi connectivity index (χ1n) is 2.77. The maximum Gasteiger partial charge on any atom is 0.202 e. The Morgan fingerprint density at radius 2 is 1.20 bits per heavy atom. The summed E-state index contributed by atoms with van der Waals surface area (Å²) in [5, 5.41) is 0. The lowest BCUT2D eigenvalue weighted by Crippen LogP contribution is -1.98. The van der Waals surface area contributed by atoms with Crippen molar-refractivity contribution in [2.24, 2.45) is 0 Å². The Morgan fingerprint density at radius 3 is 1.60 bits per heavy atom. The molecule has 0 radical (unpaired) electrons. The molecule has 2 rings (SSSR count). The van der Waals surface area contributed by atoms with Gasteiger partial charge in [0, 0.05) is 0 Å². The summed E-state index contributed by atoms with van der Waals surface area (Å²) >= 11 is 0. The Kier molecular flexibility index (Phi) is 0.695. The first kappa shape index (κ1) is 5.29. The van der Waals surface area contributed by atoms with Crippen molar-refractivity contribution in [3.63, 3.8) is 0 Å². The summed E-state index contributed by atoms with van der Waals surface area (Å²) < 4.78 is 0. The molecule has 0 fully saturated rings. The van der Waals surface area contributed by atoms with Crippen molar-refractivity contribution in [3.8, 4) is 0 Å². The average Bonchev–Trinajstić information content (AvgIpc) is 2.55. The number of fused-ring (bicyclic) bond motifs is 1. The molecule has 0 amide bonds. The summed E-state index contributed by atoms with van der Waals surface area (Å²) in [7, 11) is 0. The lowest BCUT2D eigenvalue weighted by molar-refractivity contribution is 0.100. The topological polar surface area (TPSA) is 51.2 Å². The lowest BCUT2D eigenvalue weighted by Gasteiger charge is -1.87. The second-order valence-electron chi connectivity index (χ2n) is 2.14. The van der Waals surface area contributed by atoms with Gasteiger partial charge in [0.25, 0.3) is 0 Å². The van der Waals surface area contributed by atoms with Gasteiger partial charge in [-0.15, -0.1) is 0 Å². The van der Waals surface area contributed by atoms with Crippen LogP contribution in [0.4, 0.5) is 0 Å². The Labute approximate surface area is 55.6 Å². The molecule has 0 aromatic heterocycles. The molecule has 0 heterocycles. The fourth-order valence-electron chi connectivity index (χ4n) is 0.959. The van der Waals surface area contributed by atoms with Crippen LogP contribution in [0.15, 0.2) is 16.9 Å². The Bertz CT molecular complexity index is 341. The molecule has 1 aromatic carbocycles. The Hall–Kier alpha value is -1.51. The largest absolute Gasteiger partial charge is 0.289 e. The highest BCUT2D eigenvalue weighted by Gasteiger charge is 2.34. The predicted octanol–water partition coefficient (Wildman–Crippen LogP) is -0.142. The molecule has 0 aliphatic heterocycles. The van der Waals surface area contributed by atoms with E-state index in [1.807, 2.05) is 0 Å².